The van der Waals surface area contributed by atoms with Crippen LogP contribution in [0.15, 0.2) is 36.4 Å². The summed E-state index contributed by atoms with van der Waals surface area (Å²) >= 11 is 5.33. The number of halogens is 8. The number of fused-ring (bicyclic) bond motifs is 1. The Morgan fingerprint density at radius 1 is 0.814 bits per heavy atom. The molecule has 3 aromatic carbocycles. The second-order valence-electron chi connectivity index (χ2n) is 11.6. The van der Waals surface area contributed by atoms with Gasteiger partial charge in [-0.1, -0.05) is 57.0 Å². The molecule has 1 heterocycles. The maximum Gasteiger partial charge on any atom is 0.432 e. The molecule has 5 rings (SSSR count). The van der Waals surface area contributed by atoms with Gasteiger partial charge < -0.3 is 9.47 Å². The van der Waals surface area contributed by atoms with E-state index in [2.05, 4.69) is 11.7 Å². The molecule has 2 aliphatic rings. The predicted molar refractivity (Wildman–Crippen MR) is 150 cm³/mol. The summed E-state index contributed by atoms with van der Waals surface area (Å²) < 4.78 is 112. The van der Waals surface area contributed by atoms with Gasteiger partial charge in [0.25, 0.3) is 0 Å². The number of ether oxygens (including phenoxy) is 2. The molecule has 0 bridgehead atoms. The van der Waals surface area contributed by atoms with E-state index < -0.39 is 51.5 Å². The summed E-state index contributed by atoms with van der Waals surface area (Å²) in [4.78, 5) is 0. The molecule has 1 aliphatic heterocycles. The Labute approximate surface area is 251 Å². The first-order valence-corrected chi connectivity index (χ1v) is 15.0. The average Bonchev–Trinajstić information content (AvgIpc) is 2.95. The van der Waals surface area contributed by atoms with Crippen LogP contribution in [-0.4, -0.2) is 6.61 Å². The minimum absolute atomic E-state index is 0.222. The number of hydrogen-bond donors (Lipinski definition) is 0. The van der Waals surface area contributed by atoms with Crippen LogP contribution < -0.4 is 9.47 Å². The Morgan fingerprint density at radius 3 is 2.09 bits per heavy atom. The van der Waals surface area contributed by atoms with Crippen LogP contribution in [0.1, 0.15) is 69.4 Å². The topological polar surface area (TPSA) is 18.5 Å². The van der Waals surface area contributed by atoms with Crippen LogP contribution in [0.5, 0.6) is 11.5 Å². The van der Waals surface area contributed by atoms with E-state index in [0.29, 0.717) is 54.5 Å². The summed E-state index contributed by atoms with van der Waals surface area (Å²) in [7, 11) is 0. The van der Waals surface area contributed by atoms with Gasteiger partial charge in [-0.2, -0.15) is 8.78 Å². The van der Waals surface area contributed by atoms with Crippen LogP contribution >= 0.6 is 11.6 Å². The fourth-order valence-electron chi connectivity index (χ4n) is 6.38. The van der Waals surface area contributed by atoms with E-state index in [4.69, 9.17) is 16.3 Å². The maximum absolute atomic E-state index is 15.3. The molecule has 2 nitrogen and oxygen atoms in total. The summed E-state index contributed by atoms with van der Waals surface area (Å²) in [6.45, 7) is 2.65. The van der Waals surface area contributed by atoms with Crippen molar-refractivity contribution >= 4 is 11.6 Å². The number of unbranched alkanes of at least 4 members (excludes halogenated alkanes) is 2. The van der Waals surface area contributed by atoms with Crippen molar-refractivity contribution in [1.29, 1.82) is 0 Å². The van der Waals surface area contributed by atoms with Gasteiger partial charge >= 0.3 is 6.11 Å². The first kappa shape index (κ1) is 31.5. The van der Waals surface area contributed by atoms with E-state index in [1.807, 2.05) is 0 Å². The Hall–Kier alpha value is -2.94. The zero-order valence-electron chi connectivity index (χ0n) is 23.6. The minimum Gasteiger partial charge on any atom is -0.493 e. The quantitative estimate of drug-likeness (QED) is 0.133. The van der Waals surface area contributed by atoms with E-state index in [0.717, 1.165) is 18.8 Å². The van der Waals surface area contributed by atoms with Crippen molar-refractivity contribution in [3.8, 4) is 22.6 Å². The highest BCUT2D eigenvalue weighted by Gasteiger charge is 2.42. The van der Waals surface area contributed by atoms with Gasteiger partial charge in [0.2, 0.25) is 0 Å². The Balaban J connectivity index is 1.31. The van der Waals surface area contributed by atoms with E-state index in [1.165, 1.54) is 50.7 Å². The molecule has 1 unspecified atom stereocenters. The van der Waals surface area contributed by atoms with Gasteiger partial charge in [0.15, 0.2) is 0 Å². The van der Waals surface area contributed by atoms with E-state index in [9.17, 15) is 26.3 Å². The second kappa shape index (κ2) is 13.0. The highest BCUT2D eigenvalue weighted by molar-refractivity contribution is 6.30. The van der Waals surface area contributed by atoms with Crippen LogP contribution in [0.2, 0.25) is 5.02 Å². The molecule has 0 N–H and O–H groups in total. The van der Waals surface area contributed by atoms with Crippen molar-refractivity contribution in [2.45, 2.75) is 70.8 Å². The molecule has 3 aromatic rings. The molecule has 232 valence electrons. The van der Waals surface area contributed by atoms with Crippen LogP contribution in [0.4, 0.5) is 30.7 Å². The van der Waals surface area contributed by atoms with Gasteiger partial charge in [-0.25, -0.2) is 22.0 Å². The van der Waals surface area contributed by atoms with Gasteiger partial charge in [0, 0.05) is 17.7 Å². The number of alkyl halides is 2. The zero-order valence-corrected chi connectivity index (χ0v) is 24.4. The first-order chi connectivity index (χ1) is 20.5. The predicted octanol–water partition coefficient (Wildman–Crippen LogP) is 10.8. The third-order valence-electron chi connectivity index (χ3n) is 8.71. The summed E-state index contributed by atoms with van der Waals surface area (Å²) in [5.74, 6) is -6.21. The first-order valence-electron chi connectivity index (χ1n) is 14.6. The lowest BCUT2D eigenvalue weighted by atomic mass is 9.72. The summed E-state index contributed by atoms with van der Waals surface area (Å²) in [6.07, 6.45) is 5.58. The van der Waals surface area contributed by atoms with Crippen molar-refractivity contribution in [3.05, 3.63) is 81.6 Å². The molecule has 0 amide bonds. The van der Waals surface area contributed by atoms with Crippen LogP contribution in [-0.2, 0) is 12.5 Å². The van der Waals surface area contributed by atoms with Crippen LogP contribution in [0.25, 0.3) is 11.1 Å². The summed E-state index contributed by atoms with van der Waals surface area (Å²) in [5, 5.41) is -0.954. The average molecular weight is 629 g/mol. The van der Waals surface area contributed by atoms with Gasteiger partial charge in [-0.05, 0) is 72.4 Å². The third kappa shape index (κ3) is 6.92. The minimum atomic E-state index is -4.67. The molecule has 1 aliphatic carbocycles. The highest BCUT2D eigenvalue weighted by Crippen LogP contribution is 2.43. The SMILES string of the molecule is CCCCCC1CCC(C2COc3cc(-c4cc(F)c(C(F)(F)Oc5cc(F)c(Cl)c(F)c5)c(F)c4)c(F)cc3C2)CC1. The van der Waals surface area contributed by atoms with Gasteiger partial charge in [-0.15, -0.1) is 0 Å². The van der Waals surface area contributed by atoms with Crippen LogP contribution in [0.3, 0.4) is 0 Å². The number of rotatable bonds is 9. The largest absolute Gasteiger partial charge is 0.493 e. The van der Waals surface area contributed by atoms with Crippen LogP contribution in [0, 0.1) is 46.8 Å². The second-order valence-corrected chi connectivity index (χ2v) is 12.0. The lowest BCUT2D eigenvalue weighted by molar-refractivity contribution is -0.189. The Bertz CT molecular complexity index is 1420. The molecular formula is C33H32ClF7O2. The molecule has 1 fully saturated rings. The lowest BCUT2D eigenvalue weighted by Crippen LogP contribution is -2.31. The maximum atomic E-state index is 15.3. The van der Waals surface area contributed by atoms with Crippen molar-refractivity contribution < 1.29 is 40.2 Å². The molecule has 43 heavy (non-hydrogen) atoms. The Morgan fingerprint density at radius 2 is 1.47 bits per heavy atom. The zero-order chi connectivity index (χ0) is 30.9. The summed E-state index contributed by atoms with van der Waals surface area (Å²) in [5.41, 5.74) is -1.70. The molecule has 1 saturated carbocycles. The molecule has 0 spiro atoms. The van der Waals surface area contributed by atoms with Crippen molar-refractivity contribution in [2.24, 2.45) is 17.8 Å². The fourth-order valence-corrected chi connectivity index (χ4v) is 6.49. The van der Waals surface area contributed by atoms with E-state index in [1.54, 1.807) is 0 Å². The standard InChI is InChI=1S/C33H32ClF7O2/c1-2-3-4-5-18-6-8-19(9-7-18)22-10-21-13-25(35)24(16-30(21)42-17-22)20-11-26(36)31(27(37)12-20)33(40,41)43-23-14-28(38)32(34)29(39)15-23/h11-16,18-19,22H,2-10,17H2,1H3. The molecule has 1 atom stereocenters. The number of benzene rings is 3. The van der Waals surface area contributed by atoms with E-state index in [-0.39, 0.29) is 17.0 Å². The van der Waals surface area contributed by atoms with Gasteiger partial charge in [0.1, 0.15) is 51.2 Å². The van der Waals surface area contributed by atoms with Gasteiger partial charge in [-0.3, -0.25) is 0 Å². The lowest BCUT2D eigenvalue weighted by Gasteiger charge is -2.36. The number of hydrogen-bond acceptors (Lipinski definition) is 2. The fraction of sp³-hybridized carbons (Fsp3) is 0.455. The van der Waals surface area contributed by atoms with Gasteiger partial charge in [0.05, 0.1) is 6.61 Å². The molecule has 0 saturated heterocycles. The Kier molecular flexibility index (Phi) is 9.49. The smallest absolute Gasteiger partial charge is 0.432 e. The van der Waals surface area contributed by atoms with E-state index >= 15 is 4.39 Å². The molecule has 0 aromatic heterocycles. The van der Waals surface area contributed by atoms with Crippen molar-refractivity contribution in [3.63, 3.8) is 0 Å². The summed E-state index contributed by atoms with van der Waals surface area (Å²) in [6, 6.07) is 4.42. The monoisotopic (exact) mass is 628 g/mol. The van der Waals surface area contributed by atoms with Crippen molar-refractivity contribution in [1.82, 2.24) is 0 Å². The normalized spacial score (nSPS) is 20.4. The molecule has 10 heteroatoms. The molecular weight excluding hydrogens is 597 g/mol. The van der Waals surface area contributed by atoms with Crippen molar-refractivity contribution in [2.75, 3.05) is 6.61 Å². The third-order valence-corrected chi connectivity index (χ3v) is 9.07. The molecule has 0 radical (unpaired) electrons. The highest BCUT2D eigenvalue weighted by atomic mass is 35.5.